The standard InChI is InChI=1S/C24H26ClN5O2/c25-19-8-6-18(7-9-19)23-21(15-30(28-23)14-17-4-2-1-3-5-17)24(32)27-20-10-12-29(13-11-20)16-22(26)31/h1-9,15,20H,10-14,16H2,(H2,26,31)(H,27,32). The van der Waals surface area contributed by atoms with Crippen LogP contribution in [-0.4, -0.2) is 52.2 Å². The monoisotopic (exact) mass is 451 g/mol. The summed E-state index contributed by atoms with van der Waals surface area (Å²) in [4.78, 5) is 26.4. The minimum atomic E-state index is -0.328. The van der Waals surface area contributed by atoms with E-state index < -0.39 is 0 Å². The van der Waals surface area contributed by atoms with E-state index in [1.807, 2.05) is 47.4 Å². The van der Waals surface area contributed by atoms with Crippen LogP contribution in [-0.2, 0) is 11.3 Å². The second-order valence-corrected chi connectivity index (χ2v) is 8.51. The largest absolute Gasteiger partial charge is 0.369 e. The molecule has 1 saturated heterocycles. The lowest BCUT2D eigenvalue weighted by Crippen LogP contribution is -2.46. The first-order chi connectivity index (χ1) is 15.5. The van der Waals surface area contributed by atoms with Gasteiger partial charge in [0.25, 0.3) is 5.91 Å². The molecule has 1 aromatic heterocycles. The molecule has 2 heterocycles. The topological polar surface area (TPSA) is 93.3 Å². The number of aromatic nitrogens is 2. The Hall–Kier alpha value is -3.16. The highest BCUT2D eigenvalue weighted by Crippen LogP contribution is 2.25. The smallest absolute Gasteiger partial charge is 0.255 e. The van der Waals surface area contributed by atoms with Crippen LogP contribution in [0.15, 0.2) is 60.8 Å². The maximum absolute atomic E-state index is 13.2. The summed E-state index contributed by atoms with van der Waals surface area (Å²) in [6, 6.07) is 17.4. The molecule has 0 spiro atoms. The van der Waals surface area contributed by atoms with Crippen molar-refractivity contribution < 1.29 is 9.59 Å². The van der Waals surface area contributed by atoms with Gasteiger partial charge in [-0.1, -0.05) is 54.1 Å². The fraction of sp³-hybridized carbons (Fsp3) is 0.292. The molecular formula is C24H26ClN5O2. The highest BCUT2D eigenvalue weighted by Gasteiger charge is 2.24. The van der Waals surface area contributed by atoms with Gasteiger partial charge in [-0.2, -0.15) is 5.10 Å². The van der Waals surface area contributed by atoms with Crippen molar-refractivity contribution in [3.8, 4) is 11.3 Å². The summed E-state index contributed by atoms with van der Waals surface area (Å²) in [7, 11) is 0. The minimum absolute atomic E-state index is 0.0437. The third-order valence-corrected chi connectivity index (χ3v) is 5.87. The summed E-state index contributed by atoms with van der Waals surface area (Å²) in [6.07, 6.45) is 3.34. The van der Waals surface area contributed by atoms with Gasteiger partial charge >= 0.3 is 0 Å². The third kappa shape index (κ3) is 5.55. The van der Waals surface area contributed by atoms with Gasteiger partial charge in [0, 0.05) is 35.9 Å². The van der Waals surface area contributed by atoms with E-state index in [9.17, 15) is 9.59 Å². The molecule has 1 fully saturated rings. The lowest BCUT2D eigenvalue weighted by Gasteiger charge is -2.31. The van der Waals surface area contributed by atoms with Crippen molar-refractivity contribution in [3.63, 3.8) is 0 Å². The van der Waals surface area contributed by atoms with Crippen molar-refractivity contribution in [2.45, 2.75) is 25.4 Å². The Kier molecular flexibility index (Phi) is 6.87. The number of nitrogens with zero attached hydrogens (tertiary/aromatic N) is 3. The van der Waals surface area contributed by atoms with Gasteiger partial charge in [-0.25, -0.2) is 0 Å². The van der Waals surface area contributed by atoms with Gasteiger partial charge < -0.3 is 11.1 Å². The molecule has 0 aliphatic carbocycles. The van der Waals surface area contributed by atoms with Gasteiger partial charge in [-0.15, -0.1) is 0 Å². The van der Waals surface area contributed by atoms with Crippen LogP contribution in [0, 0.1) is 0 Å². The van der Waals surface area contributed by atoms with Crippen LogP contribution in [0.1, 0.15) is 28.8 Å². The van der Waals surface area contributed by atoms with Crippen LogP contribution in [0.4, 0.5) is 0 Å². The van der Waals surface area contributed by atoms with Crippen LogP contribution < -0.4 is 11.1 Å². The zero-order valence-corrected chi connectivity index (χ0v) is 18.5. The van der Waals surface area contributed by atoms with E-state index in [1.54, 1.807) is 23.0 Å². The molecule has 32 heavy (non-hydrogen) atoms. The van der Waals surface area contributed by atoms with E-state index >= 15 is 0 Å². The van der Waals surface area contributed by atoms with Gasteiger partial charge in [-0.3, -0.25) is 19.2 Å². The number of carbonyl (C=O) groups excluding carboxylic acids is 2. The lowest BCUT2D eigenvalue weighted by molar-refractivity contribution is -0.119. The number of primary amides is 1. The molecule has 2 aromatic carbocycles. The van der Waals surface area contributed by atoms with Crippen LogP contribution in [0.3, 0.4) is 0 Å². The lowest BCUT2D eigenvalue weighted by atomic mass is 10.0. The predicted octanol–water partition coefficient (Wildman–Crippen LogP) is 2.93. The number of nitrogens with one attached hydrogen (secondary N) is 1. The Labute approximate surface area is 192 Å². The van der Waals surface area contributed by atoms with Crippen LogP contribution in [0.5, 0.6) is 0 Å². The van der Waals surface area contributed by atoms with Crippen LogP contribution in [0.2, 0.25) is 5.02 Å². The second-order valence-electron chi connectivity index (χ2n) is 8.07. The van der Waals surface area contributed by atoms with Gasteiger partial charge in [-0.05, 0) is 30.5 Å². The molecule has 0 bridgehead atoms. The molecule has 7 nitrogen and oxygen atoms in total. The fourth-order valence-electron chi connectivity index (χ4n) is 3.98. The number of amides is 2. The molecule has 4 rings (SSSR count). The van der Waals surface area contributed by atoms with E-state index in [4.69, 9.17) is 22.4 Å². The number of likely N-dealkylation sites (tertiary alicyclic amines) is 1. The van der Waals surface area contributed by atoms with Gasteiger partial charge in [0.1, 0.15) is 5.69 Å². The highest BCUT2D eigenvalue weighted by atomic mass is 35.5. The molecule has 1 aliphatic rings. The van der Waals surface area contributed by atoms with E-state index in [2.05, 4.69) is 5.32 Å². The Morgan fingerprint density at radius 3 is 2.41 bits per heavy atom. The molecule has 8 heteroatoms. The summed E-state index contributed by atoms with van der Waals surface area (Å²) in [5, 5.41) is 8.49. The molecule has 0 radical (unpaired) electrons. The maximum atomic E-state index is 13.2. The normalized spacial score (nSPS) is 14.9. The summed E-state index contributed by atoms with van der Waals surface area (Å²) >= 11 is 6.05. The first-order valence-corrected chi connectivity index (χ1v) is 11.0. The van der Waals surface area contributed by atoms with Crippen molar-refractivity contribution in [1.82, 2.24) is 20.0 Å². The molecule has 0 saturated carbocycles. The van der Waals surface area contributed by atoms with E-state index in [-0.39, 0.29) is 24.4 Å². The quantitative estimate of drug-likeness (QED) is 0.577. The summed E-state index contributed by atoms with van der Waals surface area (Å²) in [6.45, 7) is 2.28. The molecule has 166 valence electrons. The van der Waals surface area contributed by atoms with E-state index in [0.717, 1.165) is 37.1 Å². The van der Waals surface area contributed by atoms with Crippen molar-refractivity contribution in [2.75, 3.05) is 19.6 Å². The number of carbonyl (C=O) groups is 2. The number of hydrogen-bond donors (Lipinski definition) is 2. The molecule has 3 aromatic rings. The molecule has 3 N–H and O–H groups in total. The summed E-state index contributed by atoms with van der Waals surface area (Å²) < 4.78 is 1.80. The van der Waals surface area contributed by atoms with Crippen molar-refractivity contribution >= 4 is 23.4 Å². The van der Waals surface area contributed by atoms with E-state index in [1.165, 1.54) is 0 Å². The Morgan fingerprint density at radius 1 is 1.06 bits per heavy atom. The maximum Gasteiger partial charge on any atom is 0.255 e. The van der Waals surface area contributed by atoms with Crippen molar-refractivity contribution in [3.05, 3.63) is 76.9 Å². The van der Waals surface area contributed by atoms with E-state index in [0.29, 0.717) is 22.8 Å². The minimum Gasteiger partial charge on any atom is -0.369 e. The second kappa shape index (κ2) is 9.97. The third-order valence-electron chi connectivity index (χ3n) is 5.61. The molecule has 0 atom stereocenters. The number of nitrogens with two attached hydrogens (primary N) is 1. The number of hydrogen-bond acceptors (Lipinski definition) is 4. The van der Waals surface area contributed by atoms with Crippen LogP contribution in [0.25, 0.3) is 11.3 Å². The summed E-state index contributed by atoms with van der Waals surface area (Å²) in [5.41, 5.74) is 8.38. The fourth-order valence-corrected chi connectivity index (χ4v) is 4.10. The van der Waals surface area contributed by atoms with Crippen LogP contribution >= 0.6 is 11.6 Å². The van der Waals surface area contributed by atoms with Crippen molar-refractivity contribution in [1.29, 1.82) is 0 Å². The van der Waals surface area contributed by atoms with Gasteiger partial charge in [0.15, 0.2) is 0 Å². The summed E-state index contributed by atoms with van der Waals surface area (Å²) in [5.74, 6) is -0.478. The van der Waals surface area contributed by atoms with Crippen molar-refractivity contribution in [2.24, 2.45) is 5.73 Å². The van der Waals surface area contributed by atoms with Gasteiger partial charge in [0.2, 0.25) is 5.91 Å². The number of benzene rings is 2. The molecule has 2 amide bonds. The number of rotatable bonds is 7. The molecule has 0 unspecified atom stereocenters. The molecular weight excluding hydrogens is 426 g/mol. The molecule has 1 aliphatic heterocycles. The average Bonchev–Trinajstić information content (AvgIpc) is 3.20. The predicted molar refractivity (Wildman–Crippen MR) is 124 cm³/mol. The number of piperidine rings is 1. The SMILES string of the molecule is NC(=O)CN1CCC(NC(=O)c2cn(Cc3ccccc3)nc2-c2ccc(Cl)cc2)CC1. The zero-order valence-electron chi connectivity index (χ0n) is 17.7. The first kappa shape index (κ1) is 22.0. The Bertz CT molecular complexity index is 1070. The van der Waals surface area contributed by atoms with Gasteiger partial charge in [0.05, 0.1) is 18.7 Å². The highest BCUT2D eigenvalue weighted by molar-refractivity contribution is 6.30. The first-order valence-electron chi connectivity index (χ1n) is 10.7. The average molecular weight is 452 g/mol. The number of halogens is 1. The Balaban J connectivity index is 1.52. The Morgan fingerprint density at radius 2 is 1.75 bits per heavy atom. The zero-order chi connectivity index (χ0) is 22.5.